The molecular weight excluding hydrogens is 1070 g/mol. The molecular formula is C81H124O6. The number of hydrogen-bond acceptors (Lipinski definition) is 6. The standard InChI is InChI=1S/C59H90O4.C22H34O2/c1-44(2)24-15-25-45(3)26-16-27-46(4)28-17-29-47(5)30-18-31-48(6)32-19-33-49(7)34-20-35-50(8)36-21-37-51(9)38-22-39-52(10)40-23-41-53(11)42-43-55-54(12)56(60)58(62-13)59(63-14)57(55)61;1-3-5-6-7-8-9-10-11-12-13-14-15-16-17-18-19-20-21-22(23)24-4-2/h24,26,28,30,32,34,36,38,40,42H,15-23,25,27,29,31,33,35,37,39,41,43H2,1-14H3;5-6,8-9,11-12,14-15,17-18H,3-4,7,10,13,16,19-21H2,1-2H3/b45-26+,46-28+,47-30+,48-32+,49-34+,50-36+,51-38+,52-40+,53-42+;6-5-,9-8-,12-11-,15-14-,18-17-. The van der Waals surface area contributed by atoms with Gasteiger partial charge in [-0.2, -0.15) is 0 Å². The third kappa shape index (κ3) is 45.9. The Bertz CT molecular complexity index is 2550. The summed E-state index contributed by atoms with van der Waals surface area (Å²) in [4.78, 5) is 36.7. The topological polar surface area (TPSA) is 78.9 Å². The van der Waals surface area contributed by atoms with Crippen LogP contribution in [0.2, 0.25) is 0 Å². The van der Waals surface area contributed by atoms with E-state index in [-0.39, 0.29) is 29.1 Å². The number of hydrogen-bond donors (Lipinski definition) is 0. The Hall–Kier alpha value is -6.01. The van der Waals surface area contributed by atoms with Gasteiger partial charge in [0.05, 0.1) is 20.8 Å². The number of rotatable bonds is 45. The minimum absolute atomic E-state index is 0.00667. The number of carbonyl (C=O) groups excluding carboxylic acids is 3. The molecule has 0 amide bonds. The molecule has 484 valence electrons. The zero-order valence-corrected chi connectivity index (χ0v) is 58.3. The summed E-state index contributed by atoms with van der Waals surface area (Å²) in [5, 5.41) is 0. The largest absolute Gasteiger partial charge is 0.489 e. The zero-order chi connectivity index (χ0) is 64.9. The molecule has 0 aliphatic heterocycles. The number of unbranched alkanes of at least 4 members (excludes halogenated alkanes) is 1. The lowest BCUT2D eigenvalue weighted by Crippen LogP contribution is -2.24. The van der Waals surface area contributed by atoms with Gasteiger partial charge in [-0.15, -0.1) is 0 Å². The van der Waals surface area contributed by atoms with E-state index in [1.807, 2.05) is 6.92 Å². The van der Waals surface area contributed by atoms with Crippen molar-refractivity contribution >= 4 is 17.5 Å². The molecule has 0 N–H and O–H groups in total. The minimum atomic E-state index is -0.284. The van der Waals surface area contributed by atoms with E-state index >= 15 is 0 Å². The number of esters is 1. The van der Waals surface area contributed by atoms with Crippen LogP contribution >= 0.6 is 0 Å². The van der Waals surface area contributed by atoms with Crippen LogP contribution in [0.4, 0.5) is 0 Å². The van der Waals surface area contributed by atoms with Crippen molar-refractivity contribution < 1.29 is 28.6 Å². The lowest BCUT2D eigenvalue weighted by Gasteiger charge is -2.19. The molecule has 0 heterocycles. The van der Waals surface area contributed by atoms with Crippen molar-refractivity contribution in [2.45, 2.75) is 270 Å². The van der Waals surface area contributed by atoms with Crippen molar-refractivity contribution in [3.63, 3.8) is 0 Å². The maximum atomic E-state index is 12.9. The van der Waals surface area contributed by atoms with Crippen LogP contribution in [0.25, 0.3) is 0 Å². The molecule has 1 aliphatic rings. The molecule has 0 fully saturated rings. The van der Waals surface area contributed by atoms with Gasteiger partial charge in [-0.05, 0) is 257 Å². The van der Waals surface area contributed by atoms with E-state index < -0.39 is 0 Å². The van der Waals surface area contributed by atoms with Crippen LogP contribution in [0.5, 0.6) is 0 Å². The molecule has 0 radical (unpaired) electrons. The molecule has 0 spiro atoms. The average molecular weight is 1190 g/mol. The molecule has 1 aliphatic carbocycles. The lowest BCUT2D eigenvalue weighted by molar-refractivity contribution is -0.143. The van der Waals surface area contributed by atoms with Crippen LogP contribution < -0.4 is 0 Å². The van der Waals surface area contributed by atoms with Crippen LogP contribution in [0, 0.1) is 0 Å². The van der Waals surface area contributed by atoms with Gasteiger partial charge in [0.2, 0.25) is 23.1 Å². The normalized spacial score (nSPS) is 15.0. The highest BCUT2D eigenvalue weighted by atomic mass is 16.5. The van der Waals surface area contributed by atoms with Crippen molar-refractivity contribution in [1.82, 2.24) is 0 Å². The predicted molar refractivity (Wildman–Crippen MR) is 380 cm³/mol. The van der Waals surface area contributed by atoms with Gasteiger partial charge in [0.15, 0.2) is 0 Å². The van der Waals surface area contributed by atoms with Crippen molar-refractivity contribution in [3.05, 3.63) is 200 Å². The van der Waals surface area contributed by atoms with Crippen molar-refractivity contribution in [3.8, 4) is 0 Å². The Labute approximate surface area is 534 Å². The molecule has 6 nitrogen and oxygen atoms in total. The maximum absolute atomic E-state index is 12.9. The van der Waals surface area contributed by atoms with Gasteiger partial charge in [-0.25, -0.2) is 0 Å². The van der Waals surface area contributed by atoms with Gasteiger partial charge in [-0.3, -0.25) is 14.4 Å². The quantitative estimate of drug-likeness (QED) is 0.0262. The summed E-state index contributed by atoms with van der Waals surface area (Å²) in [5.74, 6) is -0.664. The van der Waals surface area contributed by atoms with Gasteiger partial charge in [0.1, 0.15) is 0 Å². The number of ether oxygens (including phenoxy) is 3. The van der Waals surface area contributed by atoms with E-state index in [0.29, 0.717) is 30.6 Å². The van der Waals surface area contributed by atoms with Crippen LogP contribution in [0.15, 0.2) is 200 Å². The summed E-state index contributed by atoms with van der Waals surface area (Å²) in [6.07, 6.45) is 73.6. The van der Waals surface area contributed by atoms with E-state index in [4.69, 9.17) is 14.2 Å². The summed E-state index contributed by atoms with van der Waals surface area (Å²) < 4.78 is 15.2. The van der Waals surface area contributed by atoms with Crippen LogP contribution in [-0.2, 0) is 28.6 Å². The Balaban J connectivity index is 0.00000257. The molecule has 0 atom stereocenters. The first kappa shape index (κ1) is 81.0. The third-order valence-corrected chi connectivity index (χ3v) is 15.3. The smallest absolute Gasteiger partial charge is 0.305 e. The lowest BCUT2D eigenvalue weighted by atomic mass is 9.90. The van der Waals surface area contributed by atoms with Gasteiger partial charge >= 0.3 is 5.97 Å². The van der Waals surface area contributed by atoms with E-state index in [1.165, 1.54) is 89.2 Å². The first-order valence-electron chi connectivity index (χ1n) is 33.4. The SMILES string of the molecule is CC/C=C\C/C=C\C/C=C\C/C=C\C/C=C\CCCC(=O)OCC.COC1=C(OC)C(=O)C(C/C=C(\C)CC/C=C(\C)CC/C=C(\C)CC/C=C(\C)CC/C=C(\C)CC/C=C(\C)CC/C=C(\C)CC/C=C(\C)CC/C=C(\C)CCC=C(C)C)=C(C)C1=O. The van der Waals surface area contributed by atoms with Crippen LogP contribution in [0.1, 0.15) is 270 Å². The monoisotopic (exact) mass is 1190 g/mol. The van der Waals surface area contributed by atoms with Gasteiger partial charge in [0, 0.05) is 17.6 Å². The Morgan fingerprint density at radius 2 is 0.644 bits per heavy atom. The zero-order valence-electron chi connectivity index (χ0n) is 58.3. The number of ketones is 2. The Kier molecular flexibility index (Phi) is 50.4. The number of allylic oxidation sites excluding steroid dienone is 32. The molecule has 0 aromatic carbocycles. The highest BCUT2D eigenvalue weighted by molar-refractivity contribution is 6.23. The number of carbonyl (C=O) groups is 3. The molecule has 1 rings (SSSR count). The Morgan fingerprint density at radius 1 is 0.356 bits per heavy atom. The molecule has 87 heavy (non-hydrogen) atoms. The molecule has 0 aromatic rings. The third-order valence-electron chi connectivity index (χ3n) is 15.3. The molecule has 0 bridgehead atoms. The maximum Gasteiger partial charge on any atom is 0.305 e. The fourth-order valence-corrected chi connectivity index (χ4v) is 9.56. The van der Waals surface area contributed by atoms with Crippen molar-refractivity contribution in [2.24, 2.45) is 0 Å². The Morgan fingerprint density at radius 3 is 0.943 bits per heavy atom. The van der Waals surface area contributed by atoms with Crippen molar-refractivity contribution in [2.75, 3.05) is 20.8 Å². The highest BCUT2D eigenvalue weighted by Crippen LogP contribution is 2.29. The van der Waals surface area contributed by atoms with Crippen LogP contribution in [0.3, 0.4) is 0 Å². The fourth-order valence-electron chi connectivity index (χ4n) is 9.56. The van der Waals surface area contributed by atoms with E-state index in [2.05, 4.69) is 205 Å². The summed E-state index contributed by atoms with van der Waals surface area (Å²) in [6.45, 7) is 30.8. The first-order chi connectivity index (χ1) is 41.8. The van der Waals surface area contributed by atoms with Crippen LogP contribution in [-0.4, -0.2) is 38.4 Å². The molecule has 0 saturated heterocycles. The number of methoxy groups -OCH3 is 2. The average Bonchev–Trinajstić information content (AvgIpc) is 2.47. The second kappa shape index (κ2) is 54.2. The van der Waals surface area contributed by atoms with E-state index in [9.17, 15) is 14.4 Å². The summed E-state index contributed by atoms with van der Waals surface area (Å²) >= 11 is 0. The van der Waals surface area contributed by atoms with Gasteiger partial charge in [-0.1, -0.05) is 184 Å². The molecule has 0 saturated carbocycles. The van der Waals surface area contributed by atoms with E-state index in [0.717, 1.165) is 141 Å². The molecule has 6 heteroatoms. The molecule has 0 unspecified atom stereocenters. The van der Waals surface area contributed by atoms with Crippen molar-refractivity contribution in [1.29, 1.82) is 0 Å². The summed E-state index contributed by atoms with van der Waals surface area (Å²) in [5.41, 5.74) is 15.5. The number of Topliss-reactive ketones (excluding diaryl/α,β-unsaturated/α-hetero) is 2. The minimum Gasteiger partial charge on any atom is -0.489 e. The first-order valence-corrected chi connectivity index (χ1v) is 33.4. The van der Waals surface area contributed by atoms with E-state index in [1.54, 1.807) is 6.92 Å². The second-order valence-electron chi connectivity index (χ2n) is 24.0. The summed E-state index contributed by atoms with van der Waals surface area (Å²) in [7, 11) is 2.78. The van der Waals surface area contributed by atoms with Gasteiger partial charge in [0.25, 0.3) is 0 Å². The summed E-state index contributed by atoms with van der Waals surface area (Å²) in [6, 6.07) is 0. The molecule has 0 aromatic heterocycles. The van der Waals surface area contributed by atoms with Gasteiger partial charge < -0.3 is 14.2 Å². The fraction of sp³-hybridized carbons (Fsp3) is 0.543. The second-order valence-corrected chi connectivity index (χ2v) is 24.0. The highest BCUT2D eigenvalue weighted by Gasteiger charge is 2.34. The predicted octanol–water partition coefficient (Wildman–Crippen LogP) is 24.3.